The van der Waals surface area contributed by atoms with Crippen molar-refractivity contribution in [3.05, 3.63) is 24.3 Å². The van der Waals surface area contributed by atoms with Gasteiger partial charge in [-0.1, -0.05) is 12.5 Å². The first-order valence-corrected chi connectivity index (χ1v) is 7.97. The average molecular weight is 272 g/mol. The fourth-order valence-electron chi connectivity index (χ4n) is 1.55. The predicted molar refractivity (Wildman–Crippen MR) is 70.6 cm³/mol. The molecule has 0 radical (unpaired) electrons. The van der Waals surface area contributed by atoms with Crippen LogP contribution in [-0.2, 0) is 9.84 Å². The minimum atomic E-state index is -3.18. The van der Waals surface area contributed by atoms with Crippen molar-refractivity contribution in [1.82, 2.24) is 0 Å². The number of hydrogen-bond acceptors (Lipinski definition) is 4. The van der Waals surface area contributed by atoms with Gasteiger partial charge < -0.3 is 9.84 Å². The average Bonchev–Trinajstić information content (AvgIpc) is 2.33. The number of sulfone groups is 1. The lowest BCUT2D eigenvalue weighted by Gasteiger charge is -2.07. The molecule has 18 heavy (non-hydrogen) atoms. The molecule has 0 saturated heterocycles. The SMILES string of the molecule is CS(=O)(=O)c1cccc(OCCCCCCO)c1. The Hall–Kier alpha value is -1.07. The molecule has 1 N–H and O–H groups in total. The van der Waals surface area contributed by atoms with Gasteiger partial charge in [-0.15, -0.1) is 0 Å². The molecule has 1 aromatic carbocycles. The summed E-state index contributed by atoms with van der Waals surface area (Å²) in [6.45, 7) is 0.801. The molecule has 0 aliphatic heterocycles. The Morgan fingerprint density at radius 2 is 1.89 bits per heavy atom. The summed E-state index contributed by atoms with van der Waals surface area (Å²) in [6.07, 6.45) is 4.91. The van der Waals surface area contributed by atoms with E-state index in [-0.39, 0.29) is 11.5 Å². The third-order valence-corrected chi connectivity index (χ3v) is 3.67. The predicted octanol–water partition coefficient (Wildman–Crippen LogP) is 2.02. The maximum Gasteiger partial charge on any atom is 0.175 e. The molecule has 0 bridgehead atoms. The van der Waals surface area contributed by atoms with Crippen molar-refractivity contribution >= 4 is 9.84 Å². The van der Waals surface area contributed by atoms with Gasteiger partial charge in [0.15, 0.2) is 9.84 Å². The number of unbranched alkanes of at least 4 members (excludes halogenated alkanes) is 3. The summed E-state index contributed by atoms with van der Waals surface area (Å²) >= 11 is 0. The molecule has 0 fully saturated rings. The maximum atomic E-state index is 11.4. The van der Waals surface area contributed by atoms with Crippen LogP contribution in [0.3, 0.4) is 0 Å². The van der Waals surface area contributed by atoms with E-state index in [1.54, 1.807) is 24.3 Å². The largest absolute Gasteiger partial charge is 0.494 e. The molecule has 4 nitrogen and oxygen atoms in total. The first-order chi connectivity index (χ1) is 8.54. The third-order valence-electron chi connectivity index (χ3n) is 2.55. The number of ether oxygens (including phenoxy) is 1. The molecule has 0 saturated carbocycles. The van der Waals surface area contributed by atoms with Gasteiger partial charge in [0.05, 0.1) is 11.5 Å². The Morgan fingerprint density at radius 3 is 2.56 bits per heavy atom. The van der Waals surface area contributed by atoms with E-state index in [0.29, 0.717) is 12.4 Å². The van der Waals surface area contributed by atoms with Crippen LogP contribution in [-0.4, -0.2) is 33.0 Å². The van der Waals surface area contributed by atoms with Gasteiger partial charge in [-0.3, -0.25) is 0 Å². The molecule has 0 aliphatic rings. The van der Waals surface area contributed by atoms with Gasteiger partial charge in [-0.05, 0) is 37.5 Å². The molecular formula is C13H20O4S. The van der Waals surface area contributed by atoms with E-state index in [2.05, 4.69) is 0 Å². The van der Waals surface area contributed by atoms with Crippen molar-refractivity contribution in [2.24, 2.45) is 0 Å². The molecule has 102 valence electrons. The van der Waals surface area contributed by atoms with E-state index in [9.17, 15) is 8.42 Å². The Kier molecular flexibility index (Phi) is 6.15. The van der Waals surface area contributed by atoms with E-state index in [0.717, 1.165) is 25.7 Å². The maximum absolute atomic E-state index is 11.4. The van der Waals surface area contributed by atoms with Gasteiger partial charge in [-0.25, -0.2) is 8.42 Å². The minimum Gasteiger partial charge on any atom is -0.494 e. The zero-order chi connectivity index (χ0) is 13.4. The van der Waals surface area contributed by atoms with E-state index in [1.807, 2.05) is 0 Å². The summed E-state index contributed by atoms with van der Waals surface area (Å²) in [6, 6.07) is 6.53. The van der Waals surface area contributed by atoms with Crippen LogP contribution in [0.15, 0.2) is 29.2 Å². The van der Waals surface area contributed by atoms with Crippen LogP contribution >= 0.6 is 0 Å². The lowest BCUT2D eigenvalue weighted by Crippen LogP contribution is -2.00. The summed E-state index contributed by atoms with van der Waals surface area (Å²) in [5.41, 5.74) is 0. The van der Waals surface area contributed by atoms with Gasteiger partial charge in [0.25, 0.3) is 0 Å². The van der Waals surface area contributed by atoms with Gasteiger partial charge in [0.2, 0.25) is 0 Å². The summed E-state index contributed by atoms with van der Waals surface area (Å²) < 4.78 is 28.2. The standard InChI is InChI=1S/C13H20O4S/c1-18(15,16)13-8-6-7-12(11-13)17-10-5-3-2-4-9-14/h6-8,11,14H,2-5,9-10H2,1H3. The fraction of sp³-hybridized carbons (Fsp3) is 0.538. The van der Waals surface area contributed by atoms with Crippen molar-refractivity contribution in [1.29, 1.82) is 0 Å². The van der Waals surface area contributed by atoms with Crippen LogP contribution in [0.5, 0.6) is 5.75 Å². The van der Waals surface area contributed by atoms with E-state index in [4.69, 9.17) is 9.84 Å². The van der Waals surface area contributed by atoms with Crippen molar-refractivity contribution < 1.29 is 18.3 Å². The quantitative estimate of drug-likeness (QED) is 0.735. The number of rotatable bonds is 8. The highest BCUT2D eigenvalue weighted by Crippen LogP contribution is 2.17. The number of aliphatic hydroxyl groups is 1. The second kappa shape index (κ2) is 7.38. The first kappa shape index (κ1) is 15.0. The summed E-state index contributed by atoms with van der Waals surface area (Å²) in [5, 5.41) is 8.62. The van der Waals surface area contributed by atoms with E-state index < -0.39 is 9.84 Å². The zero-order valence-corrected chi connectivity index (χ0v) is 11.4. The van der Waals surface area contributed by atoms with Gasteiger partial charge >= 0.3 is 0 Å². The summed E-state index contributed by atoms with van der Waals surface area (Å²) in [7, 11) is -3.18. The normalized spacial score (nSPS) is 11.4. The second-order valence-corrected chi connectivity index (χ2v) is 6.25. The molecular weight excluding hydrogens is 252 g/mol. The zero-order valence-electron chi connectivity index (χ0n) is 10.6. The highest BCUT2D eigenvalue weighted by molar-refractivity contribution is 7.90. The molecule has 0 atom stereocenters. The van der Waals surface area contributed by atoms with Crippen LogP contribution in [0.1, 0.15) is 25.7 Å². The molecule has 0 heterocycles. The van der Waals surface area contributed by atoms with Crippen molar-refractivity contribution in [3.63, 3.8) is 0 Å². The van der Waals surface area contributed by atoms with Crippen LogP contribution in [0.2, 0.25) is 0 Å². The first-order valence-electron chi connectivity index (χ1n) is 6.08. The van der Waals surface area contributed by atoms with Crippen LogP contribution in [0.25, 0.3) is 0 Å². The topological polar surface area (TPSA) is 63.6 Å². The Bertz CT molecular complexity index is 454. The molecule has 0 amide bonds. The molecule has 5 heteroatoms. The second-order valence-electron chi connectivity index (χ2n) is 4.23. The van der Waals surface area contributed by atoms with Crippen LogP contribution in [0, 0.1) is 0 Å². The minimum absolute atomic E-state index is 0.233. The summed E-state index contributed by atoms with van der Waals surface area (Å²) in [5.74, 6) is 0.583. The number of aliphatic hydroxyl groups excluding tert-OH is 1. The number of hydrogen-bond donors (Lipinski definition) is 1. The highest BCUT2D eigenvalue weighted by atomic mass is 32.2. The lowest BCUT2D eigenvalue weighted by molar-refractivity contribution is 0.273. The van der Waals surface area contributed by atoms with Crippen LogP contribution in [0.4, 0.5) is 0 Å². The Labute approximate surface area is 109 Å². The molecule has 0 aromatic heterocycles. The third kappa shape index (κ3) is 5.51. The van der Waals surface area contributed by atoms with Crippen LogP contribution < -0.4 is 4.74 Å². The fourth-order valence-corrected chi connectivity index (χ4v) is 2.21. The molecule has 1 rings (SSSR count). The summed E-state index contributed by atoms with van der Waals surface area (Å²) in [4.78, 5) is 0.278. The molecule has 0 unspecified atom stereocenters. The Morgan fingerprint density at radius 1 is 1.17 bits per heavy atom. The van der Waals surface area contributed by atoms with Gasteiger partial charge in [0, 0.05) is 12.9 Å². The molecule has 0 aliphatic carbocycles. The monoisotopic (exact) mass is 272 g/mol. The lowest BCUT2D eigenvalue weighted by atomic mass is 10.2. The van der Waals surface area contributed by atoms with Crippen molar-refractivity contribution in [2.45, 2.75) is 30.6 Å². The van der Waals surface area contributed by atoms with Gasteiger partial charge in [0.1, 0.15) is 5.75 Å². The Balaban J connectivity index is 2.39. The van der Waals surface area contributed by atoms with E-state index in [1.165, 1.54) is 6.26 Å². The smallest absolute Gasteiger partial charge is 0.175 e. The van der Waals surface area contributed by atoms with Crippen molar-refractivity contribution in [3.8, 4) is 5.75 Å². The molecule has 1 aromatic rings. The van der Waals surface area contributed by atoms with Gasteiger partial charge in [-0.2, -0.15) is 0 Å². The van der Waals surface area contributed by atoms with E-state index >= 15 is 0 Å². The van der Waals surface area contributed by atoms with Crippen molar-refractivity contribution in [2.75, 3.05) is 19.5 Å². The molecule has 0 spiro atoms. The number of benzene rings is 1. The highest BCUT2D eigenvalue weighted by Gasteiger charge is 2.07.